The van der Waals surface area contributed by atoms with E-state index in [9.17, 15) is 4.79 Å². The average molecular weight is 387 g/mol. The Morgan fingerprint density at radius 2 is 1.92 bits per heavy atom. The van der Waals surface area contributed by atoms with Crippen LogP contribution in [0, 0.1) is 0 Å². The van der Waals surface area contributed by atoms with E-state index < -0.39 is 12.2 Å². The average Bonchev–Trinajstić information content (AvgIpc) is 3.21. The van der Waals surface area contributed by atoms with E-state index in [2.05, 4.69) is 31.3 Å². The molecule has 7 nitrogen and oxygen atoms in total. The Hall–Kier alpha value is -2.87. The van der Waals surface area contributed by atoms with E-state index in [0.717, 1.165) is 4.47 Å². The number of anilines is 1. The van der Waals surface area contributed by atoms with Crippen LogP contribution in [0.4, 0.5) is 5.69 Å². The maximum absolute atomic E-state index is 12.4. The first-order valence-corrected chi connectivity index (χ1v) is 7.89. The number of nitrogens with one attached hydrogen (secondary N) is 1. The van der Waals surface area contributed by atoms with E-state index in [-0.39, 0.29) is 0 Å². The quantitative estimate of drug-likeness (QED) is 0.748. The monoisotopic (exact) mass is 386 g/mol. The second-order valence-electron chi connectivity index (χ2n) is 4.98. The van der Waals surface area contributed by atoms with Crippen molar-refractivity contribution in [3.63, 3.8) is 0 Å². The molecule has 2 aromatic heterocycles. The van der Waals surface area contributed by atoms with E-state index in [1.165, 1.54) is 0 Å². The number of rotatable bonds is 3. The first-order chi connectivity index (χ1) is 11.7. The summed E-state index contributed by atoms with van der Waals surface area (Å²) in [5.41, 5.74) is 0.501. The second kappa shape index (κ2) is 5.97. The van der Waals surface area contributed by atoms with Crippen molar-refractivity contribution in [2.24, 2.45) is 0 Å². The number of amides is 1. The summed E-state index contributed by atoms with van der Waals surface area (Å²) in [4.78, 5) is 16.7. The van der Waals surface area contributed by atoms with Crippen LogP contribution in [0.15, 0.2) is 59.5 Å². The van der Waals surface area contributed by atoms with Crippen LogP contribution in [0.2, 0.25) is 0 Å². The Labute approximate surface area is 145 Å². The molecular formula is C16H11BrN4O3. The van der Waals surface area contributed by atoms with Crippen molar-refractivity contribution in [3.8, 4) is 17.3 Å². The normalized spacial score (nSPS) is 13.0. The highest BCUT2D eigenvalue weighted by Crippen LogP contribution is 2.34. The van der Waals surface area contributed by atoms with Crippen molar-refractivity contribution >= 4 is 27.5 Å². The zero-order valence-corrected chi connectivity index (χ0v) is 13.8. The Kier molecular flexibility index (Phi) is 3.66. The maximum Gasteiger partial charge on any atom is 0.322 e. The van der Waals surface area contributed by atoms with Crippen LogP contribution in [0.1, 0.15) is 0 Å². The molecule has 1 aliphatic heterocycles. The van der Waals surface area contributed by atoms with Gasteiger partial charge in [0.15, 0.2) is 17.3 Å². The van der Waals surface area contributed by atoms with E-state index >= 15 is 0 Å². The summed E-state index contributed by atoms with van der Waals surface area (Å²) in [7, 11) is 0. The van der Waals surface area contributed by atoms with Crippen LogP contribution in [-0.4, -0.2) is 27.0 Å². The molecule has 0 radical (unpaired) electrons. The lowest BCUT2D eigenvalue weighted by atomic mass is 10.3. The molecule has 4 rings (SSSR count). The number of para-hydroxylation sites is 2. The molecular weight excluding hydrogens is 376 g/mol. The Morgan fingerprint density at radius 1 is 1.17 bits per heavy atom. The molecule has 1 N–H and O–H groups in total. The SMILES string of the molecule is O=C(Nc1cccnc1-n1cc(Br)cn1)C1Oc2ccccc2O1. The minimum absolute atomic E-state index is 0.424. The van der Waals surface area contributed by atoms with Gasteiger partial charge in [0.25, 0.3) is 0 Å². The minimum atomic E-state index is -1.04. The number of halogens is 1. The molecule has 24 heavy (non-hydrogen) atoms. The van der Waals surface area contributed by atoms with Crippen LogP contribution in [0.3, 0.4) is 0 Å². The molecule has 8 heteroatoms. The van der Waals surface area contributed by atoms with Crippen molar-refractivity contribution in [3.05, 3.63) is 59.5 Å². The summed E-state index contributed by atoms with van der Waals surface area (Å²) in [6.07, 6.45) is 3.97. The van der Waals surface area contributed by atoms with Gasteiger partial charge in [-0.1, -0.05) is 12.1 Å². The fraction of sp³-hybridized carbons (Fsp3) is 0.0625. The van der Waals surface area contributed by atoms with Gasteiger partial charge in [0, 0.05) is 12.4 Å². The number of pyridine rings is 1. The number of nitrogens with zero attached hydrogens (tertiary/aromatic N) is 3. The van der Waals surface area contributed by atoms with Crippen LogP contribution in [-0.2, 0) is 4.79 Å². The predicted molar refractivity (Wildman–Crippen MR) is 89.2 cm³/mol. The Bertz CT molecular complexity index is 887. The fourth-order valence-electron chi connectivity index (χ4n) is 2.29. The maximum atomic E-state index is 12.4. The molecule has 3 heterocycles. The number of aromatic nitrogens is 3. The standard InChI is InChI=1S/C16H11BrN4O3/c17-10-8-19-21(9-10)14-11(4-3-7-18-14)20-15(22)16-23-12-5-1-2-6-13(12)24-16/h1-9,16H,(H,20,22). The second-order valence-corrected chi connectivity index (χ2v) is 5.90. The van der Waals surface area contributed by atoms with E-state index in [1.807, 2.05) is 12.1 Å². The van der Waals surface area contributed by atoms with Gasteiger partial charge in [-0.15, -0.1) is 0 Å². The third-order valence-corrected chi connectivity index (χ3v) is 3.75. The van der Waals surface area contributed by atoms with Crippen LogP contribution >= 0.6 is 15.9 Å². The highest BCUT2D eigenvalue weighted by Gasteiger charge is 2.31. The largest absolute Gasteiger partial charge is 0.442 e. The predicted octanol–water partition coefficient (Wildman–Crippen LogP) is 2.77. The summed E-state index contributed by atoms with van der Waals surface area (Å²) in [5.74, 6) is 1.15. The lowest BCUT2D eigenvalue weighted by Crippen LogP contribution is -2.34. The van der Waals surface area contributed by atoms with E-state index in [0.29, 0.717) is 23.0 Å². The lowest BCUT2D eigenvalue weighted by Gasteiger charge is -2.13. The third-order valence-electron chi connectivity index (χ3n) is 3.34. The highest BCUT2D eigenvalue weighted by atomic mass is 79.9. The van der Waals surface area contributed by atoms with Gasteiger partial charge in [0.1, 0.15) is 0 Å². The molecule has 1 aromatic carbocycles. The van der Waals surface area contributed by atoms with Crippen molar-refractivity contribution in [2.45, 2.75) is 6.29 Å². The minimum Gasteiger partial charge on any atom is -0.442 e. The molecule has 1 amide bonds. The molecule has 0 saturated carbocycles. The number of hydrogen-bond acceptors (Lipinski definition) is 5. The molecule has 0 bridgehead atoms. The first-order valence-electron chi connectivity index (χ1n) is 7.09. The molecule has 0 unspecified atom stereocenters. The smallest absolute Gasteiger partial charge is 0.322 e. The molecule has 0 fully saturated rings. The summed E-state index contributed by atoms with van der Waals surface area (Å²) >= 11 is 3.34. The fourth-order valence-corrected chi connectivity index (χ4v) is 2.58. The topological polar surface area (TPSA) is 78.3 Å². The lowest BCUT2D eigenvalue weighted by molar-refractivity contribution is -0.131. The Morgan fingerprint density at radius 3 is 2.58 bits per heavy atom. The van der Waals surface area contributed by atoms with Crippen molar-refractivity contribution in [2.75, 3.05) is 5.32 Å². The van der Waals surface area contributed by atoms with Gasteiger partial charge in [-0.05, 0) is 40.2 Å². The van der Waals surface area contributed by atoms with E-state index in [4.69, 9.17) is 9.47 Å². The first kappa shape index (κ1) is 14.7. The number of benzene rings is 1. The molecule has 120 valence electrons. The van der Waals surface area contributed by atoms with Crippen LogP contribution < -0.4 is 14.8 Å². The number of carbonyl (C=O) groups excluding carboxylic acids is 1. The van der Waals surface area contributed by atoms with Gasteiger partial charge in [-0.2, -0.15) is 5.10 Å². The zero-order chi connectivity index (χ0) is 16.5. The number of ether oxygens (including phenoxy) is 2. The molecule has 0 atom stereocenters. The van der Waals surface area contributed by atoms with E-state index in [1.54, 1.807) is 47.5 Å². The number of fused-ring (bicyclic) bond motifs is 1. The van der Waals surface area contributed by atoms with Gasteiger partial charge < -0.3 is 14.8 Å². The molecule has 0 aliphatic carbocycles. The molecule has 3 aromatic rings. The third kappa shape index (κ3) is 2.71. The number of hydrogen-bond donors (Lipinski definition) is 1. The molecule has 0 spiro atoms. The van der Waals surface area contributed by atoms with Gasteiger partial charge in [0.2, 0.25) is 0 Å². The van der Waals surface area contributed by atoms with Crippen molar-refractivity contribution in [1.82, 2.24) is 14.8 Å². The summed E-state index contributed by atoms with van der Waals surface area (Å²) in [6, 6.07) is 10.6. The van der Waals surface area contributed by atoms with Gasteiger partial charge in [-0.25, -0.2) is 9.67 Å². The zero-order valence-electron chi connectivity index (χ0n) is 12.2. The van der Waals surface area contributed by atoms with Crippen molar-refractivity contribution < 1.29 is 14.3 Å². The Balaban J connectivity index is 1.55. The molecule has 0 saturated heterocycles. The van der Waals surface area contributed by atoms with Gasteiger partial charge in [0.05, 0.1) is 16.4 Å². The summed E-state index contributed by atoms with van der Waals surface area (Å²) in [5, 5.41) is 6.94. The highest BCUT2D eigenvalue weighted by molar-refractivity contribution is 9.10. The van der Waals surface area contributed by atoms with Gasteiger partial charge >= 0.3 is 12.2 Å². The summed E-state index contributed by atoms with van der Waals surface area (Å²) in [6.45, 7) is 0. The van der Waals surface area contributed by atoms with Gasteiger partial charge in [-0.3, -0.25) is 4.79 Å². The number of carbonyl (C=O) groups is 1. The summed E-state index contributed by atoms with van der Waals surface area (Å²) < 4.78 is 13.4. The van der Waals surface area contributed by atoms with Crippen LogP contribution in [0.5, 0.6) is 11.5 Å². The van der Waals surface area contributed by atoms with Crippen LogP contribution in [0.25, 0.3) is 5.82 Å². The van der Waals surface area contributed by atoms with Crippen molar-refractivity contribution in [1.29, 1.82) is 0 Å². The molecule has 1 aliphatic rings.